The molecule has 0 atom stereocenters. The summed E-state index contributed by atoms with van der Waals surface area (Å²) in [6.45, 7) is 6.68. The number of carbonyl (C=O) groups excluding carboxylic acids is 1. The Labute approximate surface area is 150 Å². The highest BCUT2D eigenvalue weighted by molar-refractivity contribution is 7.09. The molecule has 8 heteroatoms. The van der Waals surface area contributed by atoms with E-state index < -0.39 is 0 Å². The van der Waals surface area contributed by atoms with Crippen molar-refractivity contribution in [1.29, 1.82) is 0 Å². The first-order valence-corrected chi connectivity index (χ1v) is 8.92. The van der Waals surface area contributed by atoms with Gasteiger partial charge in [-0.25, -0.2) is 4.98 Å². The molecular weight excluding hydrogens is 336 g/mol. The number of aryl methyl sites for hydroxylation is 4. The number of rotatable bonds is 5. The Morgan fingerprint density at radius 3 is 2.44 bits per heavy atom. The molecule has 3 heterocycles. The number of hydrogen-bond acceptors (Lipinski definition) is 5. The summed E-state index contributed by atoms with van der Waals surface area (Å²) < 4.78 is 3.57. The van der Waals surface area contributed by atoms with Crippen molar-refractivity contribution in [3.05, 3.63) is 51.0 Å². The molecule has 0 saturated carbocycles. The first kappa shape index (κ1) is 17.3. The molecule has 1 amide bonds. The zero-order valence-electron chi connectivity index (χ0n) is 15.1. The summed E-state index contributed by atoms with van der Waals surface area (Å²) in [5.41, 5.74) is 4.19. The van der Waals surface area contributed by atoms with E-state index in [1.165, 1.54) is 0 Å². The second-order valence-corrected chi connectivity index (χ2v) is 7.14. The van der Waals surface area contributed by atoms with Crippen molar-refractivity contribution in [2.45, 2.75) is 33.9 Å². The van der Waals surface area contributed by atoms with Gasteiger partial charge in [0.15, 0.2) is 0 Å². The fraction of sp³-hybridized carbons (Fsp3) is 0.412. The van der Waals surface area contributed by atoms with Gasteiger partial charge in [0.2, 0.25) is 0 Å². The van der Waals surface area contributed by atoms with Crippen LogP contribution in [-0.2, 0) is 27.2 Å². The van der Waals surface area contributed by atoms with Crippen molar-refractivity contribution in [1.82, 2.24) is 29.4 Å². The van der Waals surface area contributed by atoms with E-state index in [0.29, 0.717) is 18.7 Å². The zero-order valence-corrected chi connectivity index (χ0v) is 16.0. The maximum Gasteiger partial charge on any atom is 0.258 e. The van der Waals surface area contributed by atoms with E-state index in [4.69, 9.17) is 0 Å². The minimum absolute atomic E-state index is 0.0402. The van der Waals surface area contributed by atoms with Crippen LogP contribution in [0.15, 0.2) is 17.6 Å². The summed E-state index contributed by atoms with van der Waals surface area (Å²) in [6, 6.07) is 2.01. The maximum atomic E-state index is 13.2. The van der Waals surface area contributed by atoms with E-state index in [9.17, 15) is 4.79 Å². The Morgan fingerprint density at radius 2 is 1.92 bits per heavy atom. The fourth-order valence-electron chi connectivity index (χ4n) is 2.84. The molecule has 0 aromatic carbocycles. The predicted molar refractivity (Wildman–Crippen MR) is 96.3 cm³/mol. The number of nitrogens with zero attached hydrogens (tertiary/aromatic N) is 6. The van der Waals surface area contributed by atoms with Gasteiger partial charge < -0.3 is 4.90 Å². The molecule has 3 aromatic rings. The highest BCUT2D eigenvalue weighted by Gasteiger charge is 2.24. The van der Waals surface area contributed by atoms with E-state index >= 15 is 0 Å². The van der Waals surface area contributed by atoms with E-state index in [0.717, 1.165) is 27.8 Å². The molecule has 0 radical (unpaired) electrons. The molecule has 0 aliphatic heterocycles. The lowest BCUT2D eigenvalue weighted by atomic mass is 10.1. The zero-order chi connectivity index (χ0) is 18.1. The minimum Gasteiger partial charge on any atom is -0.326 e. The number of carbonyl (C=O) groups is 1. The smallest absolute Gasteiger partial charge is 0.258 e. The van der Waals surface area contributed by atoms with Crippen LogP contribution in [0.3, 0.4) is 0 Å². The van der Waals surface area contributed by atoms with Crippen LogP contribution in [0.2, 0.25) is 0 Å². The van der Waals surface area contributed by atoms with Gasteiger partial charge in [-0.3, -0.25) is 14.2 Å². The van der Waals surface area contributed by atoms with Crippen molar-refractivity contribution < 1.29 is 4.79 Å². The van der Waals surface area contributed by atoms with Crippen LogP contribution in [0.25, 0.3) is 0 Å². The molecule has 0 aliphatic carbocycles. The standard InChI is InChI=1S/C17H22N6OS/c1-11-8-14(20-21(11)4)9-23(10-15-18-6-7-25-15)17(24)16-12(2)19-22(5)13(16)3/h6-8H,9-10H2,1-5H3. The van der Waals surface area contributed by atoms with Crippen LogP contribution >= 0.6 is 11.3 Å². The lowest BCUT2D eigenvalue weighted by Gasteiger charge is -2.21. The van der Waals surface area contributed by atoms with Crippen molar-refractivity contribution in [2.24, 2.45) is 14.1 Å². The van der Waals surface area contributed by atoms with Gasteiger partial charge in [0, 0.05) is 37.1 Å². The van der Waals surface area contributed by atoms with Gasteiger partial charge in [0.05, 0.1) is 30.0 Å². The summed E-state index contributed by atoms with van der Waals surface area (Å²) >= 11 is 1.54. The van der Waals surface area contributed by atoms with Crippen LogP contribution < -0.4 is 0 Å². The van der Waals surface area contributed by atoms with Crippen LogP contribution in [0.4, 0.5) is 0 Å². The van der Waals surface area contributed by atoms with Crippen LogP contribution in [0.5, 0.6) is 0 Å². The summed E-state index contributed by atoms with van der Waals surface area (Å²) in [6.07, 6.45) is 1.76. The van der Waals surface area contributed by atoms with E-state index in [1.54, 1.807) is 27.1 Å². The maximum absolute atomic E-state index is 13.2. The average Bonchev–Trinajstić information content (AvgIpc) is 3.22. The summed E-state index contributed by atoms with van der Waals surface area (Å²) in [5.74, 6) is -0.0402. The summed E-state index contributed by atoms with van der Waals surface area (Å²) in [5, 5.41) is 11.7. The van der Waals surface area contributed by atoms with Gasteiger partial charge in [-0.05, 0) is 26.8 Å². The second-order valence-electron chi connectivity index (χ2n) is 6.16. The lowest BCUT2D eigenvalue weighted by molar-refractivity contribution is 0.0725. The molecule has 3 aromatic heterocycles. The van der Waals surface area contributed by atoms with Gasteiger partial charge in [0.25, 0.3) is 5.91 Å². The third-order valence-electron chi connectivity index (χ3n) is 4.34. The van der Waals surface area contributed by atoms with Gasteiger partial charge in [-0.1, -0.05) is 0 Å². The highest BCUT2D eigenvalue weighted by atomic mass is 32.1. The molecule has 0 bridgehead atoms. The molecular formula is C17H22N6OS. The number of aromatic nitrogens is 5. The minimum atomic E-state index is -0.0402. The normalized spacial score (nSPS) is 11.1. The number of hydrogen-bond donors (Lipinski definition) is 0. The summed E-state index contributed by atoms with van der Waals surface area (Å²) in [7, 11) is 3.76. The fourth-order valence-corrected chi connectivity index (χ4v) is 3.47. The first-order valence-electron chi connectivity index (χ1n) is 8.04. The van der Waals surface area contributed by atoms with Crippen molar-refractivity contribution >= 4 is 17.2 Å². The molecule has 0 aliphatic rings. The van der Waals surface area contributed by atoms with Crippen molar-refractivity contribution in [2.75, 3.05) is 0 Å². The molecule has 0 saturated heterocycles. The van der Waals surface area contributed by atoms with Crippen LogP contribution in [0.1, 0.15) is 38.1 Å². The number of amides is 1. The SMILES string of the molecule is Cc1nn(C)c(C)c1C(=O)N(Cc1cc(C)n(C)n1)Cc1nccs1. The van der Waals surface area contributed by atoms with E-state index in [-0.39, 0.29) is 5.91 Å². The van der Waals surface area contributed by atoms with E-state index in [1.807, 2.05) is 51.0 Å². The van der Waals surface area contributed by atoms with Crippen molar-refractivity contribution in [3.8, 4) is 0 Å². The topological polar surface area (TPSA) is 68.8 Å². The molecule has 0 spiro atoms. The third-order valence-corrected chi connectivity index (χ3v) is 5.10. The predicted octanol–water partition coefficient (Wildman–Crippen LogP) is 2.38. The Balaban J connectivity index is 1.93. The molecule has 0 unspecified atom stereocenters. The lowest BCUT2D eigenvalue weighted by Crippen LogP contribution is -2.31. The van der Waals surface area contributed by atoms with Gasteiger partial charge in [-0.15, -0.1) is 11.3 Å². The molecule has 0 fully saturated rings. The first-order chi connectivity index (χ1) is 11.9. The largest absolute Gasteiger partial charge is 0.326 e. The van der Waals surface area contributed by atoms with E-state index in [2.05, 4.69) is 15.2 Å². The third kappa shape index (κ3) is 3.48. The Morgan fingerprint density at radius 1 is 1.16 bits per heavy atom. The van der Waals surface area contributed by atoms with Gasteiger partial charge >= 0.3 is 0 Å². The highest BCUT2D eigenvalue weighted by Crippen LogP contribution is 2.19. The van der Waals surface area contributed by atoms with Crippen molar-refractivity contribution in [3.63, 3.8) is 0 Å². The molecule has 7 nitrogen and oxygen atoms in total. The monoisotopic (exact) mass is 358 g/mol. The molecule has 25 heavy (non-hydrogen) atoms. The number of thiazole rings is 1. The molecule has 132 valence electrons. The molecule has 3 rings (SSSR count). The Kier molecular flexibility index (Phi) is 4.71. The molecule has 0 N–H and O–H groups in total. The Hall–Kier alpha value is -2.48. The average molecular weight is 358 g/mol. The summed E-state index contributed by atoms with van der Waals surface area (Å²) in [4.78, 5) is 19.4. The second kappa shape index (κ2) is 6.79. The van der Waals surface area contributed by atoms with Crippen LogP contribution in [-0.4, -0.2) is 35.4 Å². The Bertz CT molecular complexity index is 873. The van der Waals surface area contributed by atoms with Gasteiger partial charge in [0.1, 0.15) is 5.01 Å². The van der Waals surface area contributed by atoms with Crippen LogP contribution in [0, 0.1) is 20.8 Å². The quantitative estimate of drug-likeness (QED) is 0.702. The van der Waals surface area contributed by atoms with Gasteiger partial charge in [-0.2, -0.15) is 10.2 Å².